The van der Waals surface area contributed by atoms with Crippen LogP contribution in [0.2, 0.25) is 0 Å². The van der Waals surface area contributed by atoms with E-state index in [1.165, 1.54) is 5.56 Å². The lowest BCUT2D eigenvalue weighted by Gasteiger charge is -2.19. The zero-order valence-electron chi connectivity index (χ0n) is 9.28. The van der Waals surface area contributed by atoms with Gasteiger partial charge < -0.3 is 5.11 Å². The molecule has 0 amide bonds. The number of carbonyl (C=O) groups is 1. The summed E-state index contributed by atoms with van der Waals surface area (Å²) in [6, 6.07) is 2.12. The maximum Gasteiger partial charge on any atom is 0.303 e. The van der Waals surface area contributed by atoms with Crippen LogP contribution >= 0.6 is 27.3 Å². The highest BCUT2D eigenvalue weighted by atomic mass is 79.9. The summed E-state index contributed by atoms with van der Waals surface area (Å²) in [6.07, 6.45) is 0.971. The summed E-state index contributed by atoms with van der Waals surface area (Å²) < 4.78 is 1.14. The third kappa shape index (κ3) is 5.09. The van der Waals surface area contributed by atoms with Crippen molar-refractivity contribution in [1.82, 2.24) is 4.90 Å². The topological polar surface area (TPSA) is 40.5 Å². The van der Waals surface area contributed by atoms with Gasteiger partial charge >= 0.3 is 5.97 Å². The molecule has 0 fully saturated rings. The van der Waals surface area contributed by atoms with Gasteiger partial charge in [0.2, 0.25) is 0 Å². The second kappa shape index (κ2) is 7.04. The molecule has 90 valence electrons. The van der Waals surface area contributed by atoms with Crippen LogP contribution in [-0.4, -0.2) is 29.1 Å². The number of thiophene rings is 1. The molecule has 0 unspecified atom stereocenters. The summed E-state index contributed by atoms with van der Waals surface area (Å²) in [5, 5.41) is 10.7. The van der Waals surface area contributed by atoms with E-state index < -0.39 is 5.97 Å². The van der Waals surface area contributed by atoms with Gasteiger partial charge in [-0.2, -0.15) is 0 Å². The normalized spacial score (nSPS) is 10.9. The molecular formula is C11H16BrNO2S. The van der Waals surface area contributed by atoms with E-state index in [2.05, 4.69) is 39.2 Å². The van der Waals surface area contributed by atoms with Crippen molar-refractivity contribution in [3.05, 3.63) is 20.8 Å². The highest BCUT2D eigenvalue weighted by Crippen LogP contribution is 2.21. The molecular weight excluding hydrogens is 290 g/mol. The van der Waals surface area contributed by atoms with Gasteiger partial charge in [-0.25, -0.2) is 0 Å². The first-order chi connectivity index (χ1) is 7.61. The minimum atomic E-state index is -0.714. The average molecular weight is 306 g/mol. The molecule has 0 radical (unpaired) electrons. The van der Waals surface area contributed by atoms with Gasteiger partial charge in [-0.15, -0.1) is 11.3 Å². The minimum Gasteiger partial charge on any atom is -0.481 e. The van der Waals surface area contributed by atoms with E-state index >= 15 is 0 Å². The van der Waals surface area contributed by atoms with Crippen LogP contribution in [0, 0.1) is 0 Å². The number of carboxylic acids is 1. The predicted octanol–water partition coefficient (Wildman–Crippen LogP) is 3.20. The van der Waals surface area contributed by atoms with Crippen LogP contribution in [-0.2, 0) is 11.3 Å². The maximum absolute atomic E-state index is 10.4. The van der Waals surface area contributed by atoms with Crippen molar-refractivity contribution in [2.45, 2.75) is 26.3 Å². The third-order valence-electron chi connectivity index (χ3n) is 2.34. The Morgan fingerprint density at radius 1 is 1.62 bits per heavy atom. The van der Waals surface area contributed by atoms with Gasteiger partial charge in [-0.1, -0.05) is 6.92 Å². The lowest BCUT2D eigenvalue weighted by Crippen LogP contribution is -2.24. The Morgan fingerprint density at radius 2 is 2.38 bits per heavy atom. The highest BCUT2D eigenvalue weighted by Gasteiger charge is 2.06. The Bertz CT molecular complexity index is 340. The number of hydrogen-bond donors (Lipinski definition) is 1. The van der Waals surface area contributed by atoms with Crippen molar-refractivity contribution in [1.29, 1.82) is 0 Å². The Balaban J connectivity index is 2.34. The highest BCUT2D eigenvalue weighted by molar-refractivity contribution is 9.11. The van der Waals surface area contributed by atoms with Crippen LogP contribution in [0.3, 0.4) is 0 Å². The van der Waals surface area contributed by atoms with Gasteiger partial charge in [0.1, 0.15) is 0 Å². The fourth-order valence-electron chi connectivity index (χ4n) is 1.49. The molecule has 0 aromatic carbocycles. The van der Waals surface area contributed by atoms with Crippen molar-refractivity contribution in [3.8, 4) is 0 Å². The lowest BCUT2D eigenvalue weighted by atomic mass is 10.2. The van der Waals surface area contributed by atoms with Crippen molar-refractivity contribution in [3.63, 3.8) is 0 Å². The van der Waals surface area contributed by atoms with Crippen LogP contribution in [0.25, 0.3) is 0 Å². The summed E-state index contributed by atoms with van der Waals surface area (Å²) in [4.78, 5) is 12.7. The second-order valence-electron chi connectivity index (χ2n) is 3.63. The van der Waals surface area contributed by atoms with Gasteiger partial charge in [0, 0.05) is 13.0 Å². The van der Waals surface area contributed by atoms with Crippen LogP contribution in [0.15, 0.2) is 15.2 Å². The predicted molar refractivity (Wildman–Crippen MR) is 69.8 cm³/mol. The van der Waals surface area contributed by atoms with Crippen LogP contribution in [0.4, 0.5) is 0 Å². The Hall–Kier alpha value is -0.390. The Kier molecular flexibility index (Phi) is 6.01. The first-order valence-corrected chi connectivity index (χ1v) is 6.96. The smallest absolute Gasteiger partial charge is 0.303 e. The van der Waals surface area contributed by atoms with E-state index in [1.54, 1.807) is 11.3 Å². The Morgan fingerprint density at radius 3 is 2.88 bits per heavy atom. The Labute approximate surface area is 108 Å². The molecule has 1 rings (SSSR count). The largest absolute Gasteiger partial charge is 0.481 e. The van der Waals surface area contributed by atoms with E-state index in [4.69, 9.17) is 5.11 Å². The van der Waals surface area contributed by atoms with E-state index in [0.717, 1.165) is 23.4 Å². The van der Waals surface area contributed by atoms with Crippen molar-refractivity contribution in [2.75, 3.05) is 13.1 Å². The molecule has 3 nitrogen and oxygen atoms in total. The summed E-state index contributed by atoms with van der Waals surface area (Å²) in [5.41, 5.74) is 1.29. The van der Waals surface area contributed by atoms with E-state index in [-0.39, 0.29) is 6.42 Å². The number of carboxylic acid groups (broad SMARTS) is 1. The third-order valence-corrected chi connectivity index (χ3v) is 3.89. The molecule has 1 N–H and O–H groups in total. The fourth-order valence-corrected chi connectivity index (χ4v) is 2.69. The molecule has 0 saturated carbocycles. The summed E-state index contributed by atoms with van der Waals surface area (Å²) >= 11 is 5.12. The standard InChI is InChI=1S/C11H16BrNO2S/c1-2-13(5-3-4-11(14)15)7-9-6-10(12)16-8-9/h6,8H,2-5,7H2,1H3,(H,14,15). The number of aliphatic carboxylic acids is 1. The van der Waals surface area contributed by atoms with Crippen LogP contribution in [0.1, 0.15) is 25.3 Å². The van der Waals surface area contributed by atoms with Crippen molar-refractivity contribution in [2.24, 2.45) is 0 Å². The first kappa shape index (κ1) is 13.7. The molecule has 0 bridgehead atoms. The van der Waals surface area contributed by atoms with Crippen molar-refractivity contribution >= 4 is 33.2 Å². The lowest BCUT2D eigenvalue weighted by molar-refractivity contribution is -0.137. The van der Waals surface area contributed by atoms with E-state index in [1.807, 2.05) is 0 Å². The molecule has 0 saturated heterocycles. The fraction of sp³-hybridized carbons (Fsp3) is 0.545. The number of hydrogen-bond acceptors (Lipinski definition) is 3. The monoisotopic (exact) mass is 305 g/mol. The number of halogens is 1. The zero-order valence-corrected chi connectivity index (χ0v) is 11.7. The summed E-state index contributed by atoms with van der Waals surface area (Å²) in [6.45, 7) is 4.80. The van der Waals surface area contributed by atoms with Gasteiger partial charge in [0.05, 0.1) is 3.79 Å². The average Bonchev–Trinajstić information content (AvgIpc) is 2.62. The molecule has 1 heterocycles. The van der Waals surface area contributed by atoms with Gasteiger partial charge in [-0.3, -0.25) is 9.69 Å². The van der Waals surface area contributed by atoms with Crippen LogP contribution in [0.5, 0.6) is 0 Å². The molecule has 1 aromatic heterocycles. The van der Waals surface area contributed by atoms with Gasteiger partial charge in [0.15, 0.2) is 0 Å². The van der Waals surface area contributed by atoms with Gasteiger partial charge in [-0.05, 0) is 52.5 Å². The molecule has 0 aliphatic carbocycles. The quantitative estimate of drug-likeness (QED) is 0.841. The molecule has 16 heavy (non-hydrogen) atoms. The molecule has 0 aliphatic heterocycles. The zero-order chi connectivity index (χ0) is 12.0. The maximum atomic E-state index is 10.4. The number of nitrogens with zero attached hydrogens (tertiary/aromatic N) is 1. The summed E-state index contributed by atoms with van der Waals surface area (Å²) in [5.74, 6) is -0.714. The van der Waals surface area contributed by atoms with Crippen molar-refractivity contribution < 1.29 is 9.90 Å². The minimum absolute atomic E-state index is 0.254. The SMILES string of the molecule is CCN(CCCC(=O)O)Cc1csc(Br)c1. The number of rotatable bonds is 7. The summed E-state index contributed by atoms with van der Waals surface area (Å²) in [7, 11) is 0. The molecule has 0 atom stereocenters. The molecule has 5 heteroatoms. The van der Waals surface area contributed by atoms with Crippen LogP contribution < -0.4 is 0 Å². The van der Waals surface area contributed by atoms with Gasteiger partial charge in [0.25, 0.3) is 0 Å². The molecule has 1 aromatic rings. The van der Waals surface area contributed by atoms with E-state index in [9.17, 15) is 4.79 Å². The van der Waals surface area contributed by atoms with E-state index in [0.29, 0.717) is 6.42 Å². The molecule has 0 aliphatic rings. The molecule has 0 spiro atoms. The second-order valence-corrected chi connectivity index (χ2v) is 5.92. The first-order valence-electron chi connectivity index (χ1n) is 5.29.